The molecule has 0 radical (unpaired) electrons. The molecule has 2 aliphatic heterocycles. The molecule has 2 aromatic carbocycles. The van der Waals surface area contributed by atoms with Crippen LogP contribution in [0.5, 0.6) is 0 Å². The normalized spacial score (nSPS) is 24.0. The highest BCUT2D eigenvalue weighted by atomic mass is 35.5. The molecule has 2 atom stereocenters. The summed E-state index contributed by atoms with van der Waals surface area (Å²) in [7, 11) is 0. The lowest BCUT2D eigenvalue weighted by Gasteiger charge is -2.56. The summed E-state index contributed by atoms with van der Waals surface area (Å²) in [5, 5.41) is 10.8. The van der Waals surface area contributed by atoms with Gasteiger partial charge in [-0.3, -0.25) is 14.5 Å². The zero-order valence-corrected chi connectivity index (χ0v) is 18.5. The first-order chi connectivity index (χ1) is 14.9. The molecule has 164 valence electrons. The Morgan fingerprint density at radius 1 is 1.03 bits per heavy atom. The van der Waals surface area contributed by atoms with Crippen molar-refractivity contribution in [3.05, 3.63) is 70.7 Å². The highest BCUT2D eigenvalue weighted by Crippen LogP contribution is 2.29. The van der Waals surface area contributed by atoms with Gasteiger partial charge in [-0.15, -0.1) is 0 Å². The Kier molecular flexibility index (Phi) is 6.32. The van der Waals surface area contributed by atoms with Crippen LogP contribution < -0.4 is 0 Å². The molecule has 2 saturated heterocycles. The summed E-state index contributed by atoms with van der Waals surface area (Å²) in [6, 6.07) is 16.6. The topological polar surface area (TPSA) is 64.1 Å². The molecular formula is C24H28ClN3O3. The maximum absolute atomic E-state index is 13.1. The van der Waals surface area contributed by atoms with E-state index < -0.39 is 5.54 Å². The van der Waals surface area contributed by atoms with Crippen molar-refractivity contribution in [2.45, 2.75) is 24.9 Å². The second kappa shape index (κ2) is 8.99. The van der Waals surface area contributed by atoms with Crippen LogP contribution in [-0.4, -0.2) is 82.5 Å². The number of hydrogen-bond acceptors (Lipinski definition) is 4. The predicted octanol–water partition coefficient (Wildman–Crippen LogP) is 2.30. The molecule has 0 saturated carbocycles. The summed E-state index contributed by atoms with van der Waals surface area (Å²) in [6.45, 7) is 4.76. The molecule has 2 heterocycles. The Bertz CT molecular complexity index is 937. The molecule has 4 rings (SSSR count). The number of aliphatic hydroxyl groups is 1. The zero-order chi connectivity index (χ0) is 22.0. The molecule has 0 aliphatic carbocycles. The summed E-state index contributed by atoms with van der Waals surface area (Å²) >= 11 is 5.96. The van der Waals surface area contributed by atoms with Gasteiger partial charge in [-0.25, -0.2) is 0 Å². The van der Waals surface area contributed by atoms with Crippen LogP contribution in [0.1, 0.15) is 22.8 Å². The quantitative estimate of drug-likeness (QED) is 0.790. The van der Waals surface area contributed by atoms with Crippen molar-refractivity contribution in [1.29, 1.82) is 0 Å². The molecule has 0 spiro atoms. The lowest BCUT2D eigenvalue weighted by Crippen LogP contribution is -2.72. The van der Waals surface area contributed by atoms with Crippen LogP contribution in [0.2, 0.25) is 5.02 Å². The SMILES string of the molecule is C[C@@]1(CO)CN(C(=O)c2ccc(Cl)cc2)C[C@@H]2CN(C(=O)Cc3ccccc3)CCN21. The molecule has 6 nitrogen and oxygen atoms in total. The lowest BCUT2D eigenvalue weighted by atomic mass is 9.91. The van der Waals surface area contributed by atoms with Gasteiger partial charge in [0.2, 0.25) is 5.91 Å². The second-order valence-electron chi connectivity index (χ2n) is 8.70. The largest absolute Gasteiger partial charge is 0.394 e. The Hall–Kier alpha value is -2.41. The smallest absolute Gasteiger partial charge is 0.253 e. The van der Waals surface area contributed by atoms with E-state index in [0.29, 0.717) is 49.7 Å². The molecule has 0 aromatic heterocycles. The summed E-state index contributed by atoms with van der Waals surface area (Å²) < 4.78 is 0. The average Bonchev–Trinajstić information content (AvgIpc) is 2.79. The number of piperazine rings is 2. The van der Waals surface area contributed by atoms with E-state index in [9.17, 15) is 14.7 Å². The van der Waals surface area contributed by atoms with E-state index in [1.165, 1.54) is 0 Å². The van der Waals surface area contributed by atoms with Gasteiger partial charge in [0.05, 0.1) is 18.6 Å². The van der Waals surface area contributed by atoms with Gasteiger partial charge in [-0.2, -0.15) is 0 Å². The number of nitrogens with zero attached hydrogens (tertiary/aromatic N) is 3. The third kappa shape index (κ3) is 4.61. The van der Waals surface area contributed by atoms with E-state index in [1.54, 1.807) is 29.2 Å². The summed E-state index contributed by atoms with van der Waals surface area (Å²) in [5.41, 5.74) is 1.03. The molecule has 2 aliphatic rings. The van der Waals surface area contributed by atoms with Crippen LogP contribution in [-0.2, 0) is 11.2 Å². The Labute approximate surface area is 188 Å². The number of carbonyl (C=O) groups is 2. The van der Waals surface area contributed by atoms with Crippen LogP contribution in [0.25, 0.3) is 0 Å². The van der Waals surface area contributed by atoms with Crippen LogP contribution in [0, 0.1) is 0 Å². The van der Waals surface area contributed by atoms with Gasteiger partial charge in [0.15, 0.2) is 0 Å². The summed E-state index contributed by atoms with van der Waals surface area (Å²) in [6.07, 6.45) is 0.373. The Morgan fingerprint density at radius 3 is 2.39 bits per heavy atom. The van der Waals surface area contributed by atoms with Gasteiger partial charge in [-0.1, -0.05) is 41.9 Å². The van der Waals surface area contributed by atoms with Crippen molar-refractivity contribution in [2.24, 2.45) is 0 Å². The third-order valence-corrected chi connectivity index (χ3v) is 6.66. The third-order valence-electron chi connectivity index (χ3n) is 6.41. The molecule has 7 heteroatoms. The number of hydrogen-bond donors (Lipinski definition) is 1. The van der Waals surface area contributed by atoms with Crippen molar-refractivity contribution >= 4 is 23.4 Å². The maximum Gasteiger partial charge on any atom is 0.253 e. The minimum Gasteiger partial charge on any atom is -0.394 e. The number of carbonyl (C=O) groups excluding carboxylic acids is 2. The molecule has 1 N–H and O–H groups in total. The van der Waals surface area contributed by atoms with E-state index in [1.807, 2.05) is 42.2 Å². The molecule has 2 aromatic rings. The lowest BCUT2D eigenvalue weighted by molar-refractivity contribution is -0.139. The van der Waals surface area contributed by atoms with E-state index in [2.05, 4.69) is 4.90 Å². The fourth-order valence-electron chi connectivity index (χ4n) is 4.72. The number of aliphatic hydroxyl groups excluding tert-OH is 1. The average molecular weight is 442 g/mol. The molecule has 0 bridgehead atoms. The summed E-state index contributed by atoms with van der Waals surface area (Å²) in [5.74, 6) is 0.0152. The molecule has 2 amide bonds. The molecule has 2 fully saturated rings. The number of halogens is 1. The van der Waals surface area contributed by atoms with Crippen LogP contribution in [0.3, 0.4) is 0 Å². The fourth-order valence-corrected chi connectivity index (χ4v) is 4.85. The first-order valence-electron chi connectivity index (χ1n) is 10.6. The number of rotatable bonds is 4. The number of fused-ring (bicyclic) bond motifs is 1. The minimum atomic E-state index is -0.542. The monoisotopic (exact) mass is 441 g/mol. The van der Waals surface area contributed by atoms with Crippen molar-refractivity contribution in [3.63, 3.8) is 0 Å². The highest BCUT2D eigenvalue weighted by Gasteiger charge is 2.46. The first kappa shape index (κ1) is 21.8. The maximum atomic E-state index is 13.1. The van der Waals surface area contributed by atoms with E-state index in [0.717, 1.165) is 5.56 Å². The predicted molar refractivity (Wildman–Crippen MR) is 120 cm³/mol. The number of benzene rings is 2. The standard InChI is InChI=1S/C24H28ClN3O3/c1-24(17-29)16-27(23(31)19-7-9-20(25)10-8-19)15-21-14-26(11-12-28(21)24)22(30)13-18-5-3-2-4-6-18/h2-10,21,29H,11-17H2,1H3/t21-,24-/m0/s1. The van der Waals surface area contributed by atoms with Gasteiger partial charge in [-0.05, 0) is 36.8 Å². The van der Waals surface area contributed by atoms with Gasteiger partial charge in [0.25, 0.3) is 5.91 Å². The number of amides is 2. The molecule has 0 unspecified atom stereocenters. The van der Waals surface area contributed by atoms with Gasteiger partial charge < -0.3 is 14.9 Å². The Morgan fingerprint density at radius 2 is 1.71 bits per heavy atom. The van der Waals surface area contributed by atoms with Crippen molar-refractivity contribution in [2.75, 3.05) is 39.3 Å². The van der Waals surface area contributed by atoms with E-state index in [-0.39, 0.29) is 24.5 Å². The van der Waals surface area contributed by atoms with Crippen LogP contribution in [0.15, 0.2) is 54.6 Å². The fraction of sp³-hybridized carbons (Fsp3) is 0.417. The molecular weight excluding hydrogens is 414 g/mol. The Balaban J connectivity index is 1.49. The molecule has 31 heavy (non-hydrogen) atoms. The van der Waals surface area contributed by atoms with Crippen molar-refractivity contribution in [1.82, 2.24) is 14.7 Å². The van der Waals surface area contributed by atoms with E-state index >= 15 is 0 Å². The van der Waals surface area contributed by atoms with Crippen molar-refractivity contribution in [3.8, 4) is 0 Å². The summed E-state index contributed by atoms with van der Waals surface area (Å²) in [4.78, 5) is 32.0. The van der Waals surface area contributed by atoms with Gasteiger partial charge in [0, 0.05) is 49.4 Å². The second-order valence-corrected chi connectivity index (χ2v) is 9.13. The van der Waals surface area contributed by atoms with Crippen LogP contribution >= 0.6 is 11.6 Å². The van der Waals surface area contributed by atoms with Gasteiger partial charge >= 0.3 is 0 Å². The van der Waals surface area contributed by atoms with E-state index in [4.69, 9.17) is 11.6 Å². The minimum absolute atomic E-state index is 0.0179. The van der Waals surface area contributed by atoms with Gasteiger partial charge in [0.1, 0.15) is 0 Å². The first-order valence-corrected chi connectivity index (χ1v) is 11.0. The highest BCUT2D eigenvalue weighted by molar-refractivity contribution is 6.30. The zero-order valence-electron chi connectivity index (χ0n) is 17.7. The van der Waals surface area contributed by atoms with Crippen LogP contribution in [0.4, 0.5) is 0 Å². The van der Waals surface area contributed by atoms with Crippen molar-refractivity contribution < 1.29 is 14.7 Å².